The molecule has 1 atom stereocenters. The van der Waals surface area contributed by atoms with Gasteiger partial charge in [0.2, 0.25) is 0 Å². The molecular formula is C55H36N4. The van der Waals surface area contributed by atoms with E-state index in [2.05, 4.69) is 158 Å². The molecule has 1 spiro atoms. The molecule has 0 aliphatic heterocycles. The zero-order valence-electron chi connectivity index (χ0n) is 32.2. The Balaban J connectivity index is 1.05. The summed E-state index contributed by atoms with van der Waals surface area (Å²) >= 11 is 0. The fraction of sp³-hybridized carbons (Fsp3) is 0.0545. The highest BCUT2D eigenvalue weighted by molar-refractivity contribution is 6.20. The van der Waals surface area contributed by atoms with E-state index in [1.165, 1.54) is 49.9 Å². The molecule has 1 unspecified atom stereocenters. The first kappa shape index (κ1) is 33.6. The SMILES string of the molecule is C1=CC2=C(C=CC1)C1(c3ccccc32)c2ccccc2-c2c1ccc1c(-c3ccc(-c4nc(Cc5ccccc5)nc(-c5ccccc5)n4)cc3)nc3ccccc3c21. The van der Waals surface area contributed by atoms with Crippen molar-refractivity contribution < 1.29 is 0 Å². The second-order valence-corrected chi connectivity index (χ2v) is 15.6. The van der Waals surface area contributed by atoms with Crippen LogP contribution in [0.25, 0.3) is 72.4 Å². The number of hydrogen-bond donors (Lipinski definition) is 0. The minimum Gasteiger partial charge on any atom is -0.247 e. The highest BCUT2D eigenvalue weighted by atomic mass is 15.0. The molecule has 2 aromatic heterocycles. The van der Waals surface area contributed by atoms with Crippen LogP contribution in [-0.2, 0) is 11.8 Å². The van der Waals surface area contributed by atoms with E-state index >= 15 is 0 Å². The van der Waals surface area contributed by atoms with Crippen LogP contribution in [0.4, 0.5) is 0 Å². The molecule has 3 aliphatic rings. The second-order valence-electron chi connectivity index (χ2n) is 15.6. The molecule has 0 amide bonds. The maximum atomic E-state index is 5.40. The van der Waals surface area contributed by atoms with Gasteiger partial charge < -0.3 is 0 Å². The Morgan fingerprint density at radius 3 is 1.88 bits per heavy atom. The Labute approximate surface area is 342 Å². The van der Waals surface area contributed by atoms with Gasteiger partial charge in [0.25, 0.3) is 0 Å². The van der Waals surface area contributed by atoms with Crippen molar-refractivity contribution in [1.82, 2.24) is 19.9 Å². The zero-order chi connectivity index (χ0) is 38.9. The summed E-state index contributed by atoms with van der Waals surface area (Å²) in [5.41, 5.74) is 16.2. The fourth-order valence-electron chi connectivity index (χ4n) is 9.89. The van der Waals surface area contributed by atoms with E-state index < -0.39 is 5.41 Å². The molecular weight excluding hydrogens is 717 g/mol. The molecule has 276 valence electrons. The van der Waals surface area contributed by atoms with Crippen LogP contribution in [0.5, 0.6) is 0 Å². The summed E-state index contributed by atoms with van der Waals surface area (Å²) in [6.07, 6.45) is 10.9. The lowest BCUT2D eigenvalue weighted by molar-refractivity contribution is 0.786. The molecule has 0 N–H and O–H groups in total. The molecule has 7 aromatic carbocycles. The van der Waals surface area contributed by atoms with Crippen LogP contribution in [0, 0.1) is 0 Å². The number of hydrogen-bond acceptors (Lipinski definition) is 4. The number of rotatable bonds is 5. The largest absolute Gasteiger partial charge is 0.247 e. The number of allylic oxidation sites excluding steroid dienone is 6. The highest BCUT2D eigenvalue weighted by Gasteiger charge is 2.52. The molecule has 0 bridgehead atoms. The molecule has 0 radical (unpaired) electrons. The summed E-state index contributed by atoms with van der Waals surface area (Å²) < 4.78 is 0. The van der Waals surface area contributed by atoms with Crippen LogP contribution in [0.3, 0.4) is 0 Å². The number of para-hydroxylation sites is 1. The minimum atomic E-state index is -0.425. The number of aromatic nitrogens is 4. The van der Waals surface area contributed by atoms with Gasteiger partial charge in [-0.25, -0.2) is 19.9 Å². The van der Waals surface area contributed by atoms with Crippen molar-refractivity contribution in [3.63, 3.8) is 0 Å². The van der Waals surface area contributed by atoms with Gasteiger partial charge in [0.1, 0.15) is 5.82 Å². The monoisotopic (exact) mass is 752 g/mol. The van der Waals surface area contributed by atoms with E-state index in [9.17, 15) is 0 Å². The Kier molecular flexibility index (Phi) is 7.54. The lowest BCUT2D eigenvalue weighted by Gasteiger charge is -2.31. The third-order valence-corrected chi connectivity index (χ3v) is 12.4. The van der Waals surface area contributed by atoms with E-state index in [0.29, 0.717) is 18.1 Å². The van der Waals surface area contributed by atoms with E-state index in [1.807, 2.05) is 36.4 Å². The van der Waals surface area contributed by atoms with E-state index in [1.54, 1.807) is 0 Å². The van der Waals surface area contributed by atoms with Gasteiger partial charge in [0.05, 0.1) is 16.6 Å². The summed E-state index contributed by atoms with van der Waals surface area (Å²) in [5, 5.41) is 3.54. The molecule has 9 aromatic rings. The summed E-state index contributed by atoms with van der Waals surface area (Å²) in [4.78, 5) is 20.3. The first-order valence-electron chi connectivity index (χ1n) is 20.3. The van der Waals surface area contributed by atoms with Crippen LogP contribution in [0.15, 0.2) is 200 Å². The number of pyridine rings is 1. The van der Waals surface area contributed by atoms with Crippen molar-refractivity contribution in [2.75, 3.05) is 0 Å². The predicted octanol–water partition coefficient (Wildman–Crippen LogP) is 12.8. The molecule has 59 heavy (non-hydrogen) atoms. The molecule has 0 saturated heterocycles. The molecule has 0 fully saturated rings. The van der Waals surface area contributed by atoms with Gasteiger partial charge in [-0.1, -0.05) is 188 Å². The van der Waals surface area contributed by atoms with Crippen molar-refractivity contribution in [2.24, 2.45) is 0 Å². The van der Waals surface area contributed by atoms with Gasteiger partial charge in [-0.3, -0.25) is 0 Å². The van der Waals surface area contributed by atoms with Crippen LogP contribution >= 0.6 is 0 Å². The molecule has 12 rings (SSSR count). The van der Waals surface area contributed by atoms with Gasteiger partial charge in [0, 0.05) is 39.3 Å². The van der Waals surface area contributed by atoms with Crippen molar-refractivity contribution in [2.45, 2.75) is 18.3 Å². The molecule has 2 heterocycles. The standard InChI is InChI=1S/C55H36N4/c1-4-16-35(17-5-1)34-49-57-53(37-18-6-2-7-19-37)59-54(58-49)38-30-28-36(29-31-38)52-43-32-33-47-51(50(43)42-23-12-15-27-48(42)56-52)41-22-11-14-26-46(41)55(47)44-24-9-3-8-20-39(44)40-21-10-13-25-45(40)55/h1-2,4-33H,3,34H2. The van der Waals surface area contributed by atoms with E-state index in [4.69, 9.17) is 19.9 Å². The lowest BCUT2D eigenvalue weighted by atomic mass is 9.69. The number of benzene rings is 7. The molecule has 3 aliphatic carbocycles. The summed E-state index contributed by atoms with van der Waals surface area (Å²) in [5.74, 6) is 2.06. The van der Waals surface area contributed by atoms with Crippen LogP contribution in [-0.4, -0.2) is 19.9 Å². The zero-order valence-corrected chi connectivity index (χ0v) is 32.2. The topological polar surface area (TPSA) is 51.6 Å². The van der Waals surface area contributed by atoms with Crippen molar-refractivity contribution >= 4 is 27.2 Å². The van der Waals surface area contributed by atoms with Gasteiger partial charge in [0.15, 0.2) is 11.6 Å². The fourth-order valence-corrected chi connectivity index (χ4v) is 9.89. The van der Waals surface area contributed by atoms with Crippen LogP contribution in [0.1, 0.15) is 40.1 Å². The Morgan fingerprint density at radius 2 is 1.08 bits per heavy atom. The first-order chi connectivity index (χ1) is 29.3. The van der Waals surface area contributed by atoms with Crippen LogP contribution in [0.2, 0.25) is 0 Å². The van der Waals surface area contributed by atoms with E-state index in [-0.39, 0.29) is 0 Å². The summed E-state index contributed by atoms with van der Waals surface area (Å²) in [6, 6.07) is 60.6. The number of nitrogens with zero attached hydrogens (tertiary/aromatic N) is 4. The Morgan fingerprint density at radius 1 is 0.458 bits per heavy atom. The third-order valence-electron chi connectivity index (χ3n) is 12.4. The predicted molar refractivity (Wildman–Crippen MR) is 240 cm³/mol. The normalized spacial score (nSPS) is 16.0. The first-order valence-corrected chi connectivity index (χ1v) is 20.3. The quantitative estimate of drug-likeness (QED) is 0.164. The maximum absolute atomic E-state index is 5.40. The maximum Gasteiger partial charge on any atom is 0.163 e. The average molecular weight is 753 g/mol. The minimum absolute atomic E-state index is 0.425. The van der Waals surface area contributed by atoms with Gasteiger partial charge in [-0.15, -0.1) is 0 Å². The summed E-state index contributed by atoms with van der Waals surface area (Å²) in [6.45, 7) is 0. The lowest BCUT2D eigenvalue weighted by Crippen LogP contribution is -2.26. The van der Waals surface area contributed by atoms with Crippen molar-refractivity contribution in [3.8, 4) is 45.2 Å². The van der Waals surface area contributed by atoms with Gasteiger partial charge in [-0.05, 0) is 62.6 Å². The highest BCUT2D eigenvalue weighted by Crippen LogP contribution is 2.64. The summed E-state index contributed by atoms with van der Waals surface area (Å²) in [7, 11) is 0. The van der Waals surface area contributed by atoms with Crippen LogP contribution < -0.4 is 0 Å². The average Bonchev–Trinajstić information content (AvgIpc) is 3.60. The van der Waals surface area contributed by atoms with Crippen molar-refractivity contribution in [1.29, 1.82) is 0 Å². The van der Waals surface area contributed by atoms with Gasteiger partial charge >= 0.3 is 0 Å². The second kappa shape index (κ2) is 13.3. The molecule has 4 nitrogen and oxygen atoms in total. The van der Waals surface area contributed by atoms with Crippen molar-refractivity contribution in [3.05, 3.63) is 233 Å². The molecule has 0 saturated carbocycles. The third kappa shape index (κ3) is 5.09. The Hall–Kier alpha value is -7.56. The smallest absolute Gasteiger partial charge is 0.163 e. The van der Waals surface area contributed by atoms with E-state index in [0.717, 1.165) is 56.5 Å². The number of fused-ring (bicyclic) bond motifs is 13. The molecule has 4 heteroatoms. The van der Waals surface area contributed by atoms with Gasteiger partial charge in [-0.2, -0.15) is 0 Å². The Bertz CT molecular complexity index is 3250.